The van der Waals surface area contributed by atoms with Crippen molar-refractivity contribution in [1.82, 2.24) is 9.78 Å². The summed E-state index contributed by atoms with van der Waals surface area (Å²) in [5.41, 5.74) is 1.62. The van der Waals surface area contributed by atoms with Crippen LogP contribution in [0.15, 0.2) is 0 Å². The summed E-state index contributed by atoms with van der Waals surface area (Å²) in [4.78, 5) is 0. The van der Waals surface area contributed by atoms with Gasteiger partial charge in [0.1, 0.15) is 0 Å². The molecule has 17 heavy (non-hydrogen) atoms. The number of halogens is 1. The molecule has 1 aromatic heterocycles. The van der Waals surface area contributed by atoms with E-state index < -0.39 is 0 Å². The third kappa shape index (κ3) is 2.19. The minimum Gasteiger partial charge on any atom is -0.271 e. The van der Waals surface area contributed by atoms with Crippen molar-refractivity contribution in [2.24, 2.45) is 18.4 Å². The Hall–Kier alpha value is -1.01. The molecule has 0 spiro atoms. The van der Waals surface area contributed by atoms with Gasteiger partial charge in [-0.1, -0.05) is 18.5 Å². The molecular formula is C13H18ClN3. The number of aromatic nitrogens is 2. The van der Waals surface area contributed by atoms with Gasteiger partial charge in [-0.25, -0.2) is 0 Å². The molecule has 1 aliphatic carbocycles. The first kappa shape index (κ1) is 12.4. The summed E-state index contributed by atoms with van der Waals surface area (Å²) in [6, 6.07) is 2.52. The molecule has 4 heteroatoms. The largest absolute Gasteiger partial charge is 0.271 e. The Labute approximate surface area is 107 Å². The van der Waals surface area contributed by atoms with E-state index in [1.165, 1.54) is 0 Å². The van der Waals surface area contributed by atoms with Gasteiger partial charge in [0, 0.05) is 13.5 Å². The fraction of sp³-hybridized carbons (Fsp3) is 0.692. The predicted octanol–water partition coefficient (Wildman–Crippen LogP) is 3.25. The van der Waals surface area contributed by atoms with Crippen molar-refractivity contribution in [1.29, 1.82) is 5.26 Å². The van der Waals surface area contributed by atoms with Crippen LogP contribution < -0.4 is 0 Å². The van der Waals surface area contributed by atoms with Crippen LogP contribution >= 0.6 is 11.6 Å². The molecule has 0 bridgehead atoms. The standard InChI is InChI=1S/C13H18ClN3/c1-9-4-5-13(6-9,8-15)7-11-12(14)10(2)16-17(11)3/h9H,4-7H2,1-3H3. The number of hydrogen-bond donors (Lipinski definition) is 0. The van der Waals surface area contributed by atoms with Gasteiger partial charge < -0.3 is 0 Å². The highest BCUT2D eigenvalue weighted by Crippen LogP contribution is 2.44. The first-order valence-electron chi connectivity index (χ1n) is 6.07. The zero-order valence-corrected chi connectivity index (χ0v) is 11.4. The third-order valence-electron chi connectivity index (χ3n) is 3.86. The van der Waals surface area contributed by atoms with Crippen LogP contribution in [0.1, 0.15) is 37.6 Å². The van der Waals surface area contributed by atoms with E-state index in [2.05, 4.69) is 18.1 Å². The average molecular weight is 252 g/mol. The van der Waals surface area contributed by atoms with Crippen LogP contribution in [0, 0.1) is 29.6 Å². The Balaban J connectivity index is 2.28. The van der Waals surface area contributed by atoms with E-state index in [9.17, 15) is 5.26 Å². The van der Waals surface area contributed by atoms with Gasteiger partial charge in [-0.3, -0.25) is 4.68 Å². The number of nitriles is 1. The first-order chi connectivity index (χ1) is 7.97. The minimum absolute atomic E-state index is 0.233. The van der Waals surface area contributed by atoms with Gasteiger partial charge in [-0.15, -0.1) is 0 Å². The van der Waals surface area contributed by atoms with Gasteiger partial charge in [0.15, 0.2) is 0 Å². The van der Waals surface area contributed by atoms with Crippen LogP contribution in [0.25, 0.3) is 0 Å². The fourth-order valence-electron chi connectivity index (χ4n) is 2.89. The van der Waals surface area contributed by atoms with Gasteiger partial charge in [0.2, 0.25) is 0 Å². The van der Waals surface area contributed by atoms with E-state index in [1.807, 2.05) is 18.7 Å². The molecule has 0 amide bonds. The molecule has 2 atom stereocenters. The Kier molecular flexibility index (Phi) is 3.18. The Morgan fingerprint density at radius 3 is 2.76 bits per heavy atom. The van der Waals surface area contributed by atoms with Crippen molar-refractivity contribution in [2.45, 2.75) is 39.5 Å². The number of aryl methyl sites for hydroxylation is 2. The maximum atomic E-state index is 9.46. The van der Waals surface area contributed by atoms with Crippen molar-refractivity contribution in [3.63, 3.8) is 0 Å². The second-order valence-corrected chi connectivity index (χ2v) is 5.76. The summed E-state index contributed by atoms with van der Waals surface area (Å²) in [6.45, 7) is 4.12. The Bertz CT molecular complexity index is 472. The van der Waals surface area contributed by atoms with Crippen molar-refractivity contribution < 1.29 is 0 Å². The van der Waals surface area contributed by atoms with Crippen molar-refractivity contribution >= 4 is 11.6 Å². The zero-order valence-electron chi connectivity index (χ0n) is 10.6. The maximum absolute atomic E-state index is 9.46. The van der Waals surface area contributed by atoms with E-state index in [-0.39, 0.29) is 5.41 Å². The van der Waals surface area contributed by atoms with Crippen LogP contribution in [0.5, 0.6) is 0 Å². The summed E-state index contributed by atoms with van der Waals surface area (Å²) in [5, 5.41) is 14.5. The highest BCUT2D eigenvalue weighted by Gasteiger charge is 2.39. The molecule has 92 valence electrons. The highest BCUT2D eigenvalue weighted by molar-refractivity contribution is 6.31. The Morgan fingerprint density at radius 2 is 2.35 bits per heavy atom. The lowest BCUT2D eigenvalue weighted by molar-refractivity contribution is 0.380. The molecule has 0 aliphatic heterocycles. The summed E-state index contributed by atoms with van der Waals surface area (Å²) < 4.78 is 1.82. The van der Waals surface area contributed by atoms with Crippen LogP contribution in [-0.2, 0) is 13.5 Å². The van der Waals surface area contributed by atoms with Crippen LogP contribution in [-0.4, -0.2) is 9.78 Å². The molecule has 0 saturated heterocycles. The molecule has 2 unspecified atom stereocenters. The fourth-order valence-corrected chi connectivity index (χ4v) is 3.12. The smallest absolute Gasteiger partial charge is 0.0847 e. The van der Waals surface area contributed by atoms with Gasteiger partial charge in [0.25, 0.3) is 0 Å². The van der Waals surface area contributed by atoms with Crippen molar-refractivity contribution in [2.75, 3.05) is 0 Å². The molecule has 1 fully saturated rings. The lowest BCUT2D eigenvalue weighted by Crippen LogP contribution is -2.20. The van der Waals surface area contributed by atoms with Gasteiger partial charge in [-0.05, 0) is 32.1 Å². The molecular weight excluding hydrogens is 234 g/mol. The molecule has 0 N–H and O–H groups in total. The molecule has 1 saturated carbocycles. The van der Waals surface area contributed by atoms with E-state index in [0.717, 1.165) is 42.1 Å². The summed E-state index contributed by atoms with van der Waals surface area (Å²) >= 11 is 6.26. The minimum atomic E-state index is -0.233. The molecule has 1 aromatic rings. The zero-order chi connectivity index (χ0) is 12.6. The summed E-state index contributed by atoms with van der Waals surface area (Å²) in [6.07, 6.45) is 3.82. The van der Waals surface area contributed by atoms with E-state index in [4.69, 9.17) is 11.6 Å². The quantitative estimate of drug-likeness (QED) is 0.810. The van der Waals surface area contributed by atoms with Crippen molar-refractivity contribution in [3.8, 4) is 6.07 Å². The van der Waals surface area contributed by atoms with Crippen LogP contribution in [0.2, 0.25) is 5.02 Å². The molecule has 0 radical (unpaired) electrons. The van der Waals surface area contributed by atoms with E-state index in [0.29, 0.717) is 5.92 Å². The first-order valence-corrected chi connectivity index (χ1v) is 6.44. The van der Waals surface area contributed by atoms with Crippen LogP contribution in [0.3, 0.4) is 0 Å². The van der Waals surface area contributed by atoms with Crippen molar-refractivity contribution in [3.05, 3.63) is 16.4 Å². The maximum Gasteiger partial charge on any atom is 0.0847 e. The molecule has 3 nitrogen and oxygen atoms in total. The monoisotopic (exact) mass is 251 g/mol. The predicted molar refractivity (Wildman–Crippen MR) is 67.7 cm³/mol. The Morgan fingerprint density at radius 1 is 1.65 bits per heavy atom. The number of rotatable bonds is 2. The summed E-state index contributed by atoms with van der Waals surface area (Å²) in [5.74, 6) is 0.641. The number of nitrogens with zero attached hydrogens (tertiary/aromatic N) is 3. The van der Waals surface area contributed by atoms with Gasteiger partial charge in [-0.2, -0.15) is 10.4 Å². The van der Waals surface area contributed by atoms with E-state index >= 15 is 0 Å². The molecule has 1 heterocycles. The lowest BCUT2D eigenvalue weighted by atomic mass is 9.82. The second kappa shape index (κ2) is 4.34. The number of hydrogen-bond acceptors (Lipinski definition) is 2. The SMILES string of the molecule is Cc1nn(C)c(CC2(C#N)CCC(C)C2)c1Cl. The topological polar surface area (TPSA) is 41.6 Å². The summed E-state index contributed by atoms with van der Waals surface area (Å²) in [7, 11) is 1.90. The van der Waals surface area contributed by atoms with E-state index in [1.54, 1.807) is 0 Å². The third-order valence-corrected chi connectivity index (χ3v) is 4.35. The highest BCUT2D eigenvalue weighted by atomic mass is 35.5. The van der Waals surface area contributed by atoms with Gasteiger partial charge in [0.05, 0.1) is 27.9 Å². The van der Waals surface area contributed by atoms with Crippen LogP contribution in [0.4, 0.5) is 0 Å². The molecule has 0 aromatic carbocycles. The molecule has 2 rings (SSSR count). The lowest BCUT2D eigenvalue weighted by Gasteiger charge is -2.20. The second-order valence-electron chi connectivity index (χ2n) is 5.39. The van der Waals surface area contributed by atoms with Gasteiger partial charge >= 0.3 is 0 Å². The molecule has 1 aliphatic rings. The normalized spacial score (nSPS) is 28.3. The average Bonchev–Trinajstić information content (AvgIpc) is 2.76.